The molecule has 0 saturated carbocycles. The van der Waals surface area contributed by atoms with Gasteiger partial charge in [0.15, 0.2) is 46.0 Å². The molecule has 4 aromatic carbocycles. The van der Waals surface area contributed by atoms with Crippen molar-refractivity contribution in [3.63, 3.8) is 0 Å². The molecule has 26 heteroatoms. The van der Waals surface area contributed by atoms with Crippen molar-refractivity contribution in [3.05, 3.63) is 115 Å². The Balaban J connectivity index is 0.791. The topological polar surface area (TPSA) is 241 Å². The second-order valence-corrected chi connectivity index (χ2v) is 28.5. The van der Waals surface area contributed by atoms with E-state index in [1.54, 1.807) is 117 Å². The van der Waals surface area contributed by atoms with Gasteiger partial charge in [0, 0.05) is 63.6 Å². The number of ether oxygens (including phenoxy) is 8. The quantitative estimate of drug-likeness (QED) is 0.0133. The van der Waals surface area contributed by atoms with Crippen LogP contribution in [0.2, 0.25) is 0 Å². The van der Waals surface area contributed by atoms with Gasteiger partial charge in [-0.3, -0.25) is 39.4 Å². The van der Waals surface area contributed by atoms with E-state index in [0.717, 1.165) is 72.7 Å². The summed E-state index contributed by atoms with van der Waals surface area (Å²) >= 11 is 7.22. The van der Waals surface area contributed by atoms with E-state index in [2.05, 4.69) is 27.7 Å². The second kappa shape index (κ2) is 38.4. The number of piperazine rings is 1. The molecule has 3 saturated heterocycles. The fourth-order valence-corrected chi connectivity index (χ4v) is 17.2. The molecule has 3 aliphatic heterocycles. The van der Waals surface area contributed by atoms with E-state index < -0.39 is 9.85 Å². The van der Waals surface area contributed by atoms with Crippen LogP contribution in [0.3, 0.4) is 0 Å². The maximum absolute atomic E-state index is 13.9. The van der Waals surface area contributed by atoms with Crippen LogP contribution >= 0.6 is 47.0 Å². The molecule has 0 N–H and O–H groups in total. The first-order valence-electron chi connectivity index (χ1n) is 32.2. The number of hydrogen-bond acceptors (Lipinski definition) is 20. The van der Waals surface area contributed by atoms with E-state index in [9.17, 15) is 39.4 Å². The number of unbranched alkanes of at least 4 members (excludes halogenated alkanes) is 4. The molecule has 22 nitrogen and oxygen atoms in total. The average Bonchev–Trinajstić information content (AvgIpc) is 1.47. The van der Waals surface area contributed by atoms with Gasteiger partial charge in [-0.15, -0.1) is 47.0 Å². The van der Waals surface area contributed by atoms with Crippen LogP contribution in [0.25, 0.3) is 12.2 Å². The molecular weight excluding hydrogens is 1290 g/mol. The minimum Gasteiger partial charge on any atom is -0.493 e. The Hall–Kier alpha value is -7.16. The Morgan fingerprint density at radius 2 is 0.798 bits per heavy atom. The van der Waals surface area contributed by atoms with Gasteiger partial charge in [-0.2, -0.15) is 0 Å². The lowest BCUT2D eigenvalue weighted by molar-refractivity contribution is -0.385. The Morgan fingerprint density at radius 3 is 1.12 bits per heavy atom. The summed E-state index contributed by atoms with van der Waals surface area (Å²) in [5, 5.41) is 24.6. The first-order valence-corrected chi connectivity index (χ1v) is 36.4. The molecule has 3 fully saturated rings. The highest BCUT2D eigenvalue weighted by molar-refractivity contribution is 8.17. The zero-order chi connectivity index (χ0) is 67.5. The summed E-state index contributed by atoms with van der Waals surface area (Å²) in [7, 11) is 6.00. The number of carbonyl (C=O) groups excluding carboxylic acids is 4. The predicted molar refractivity (Wildman–Crippen MR) is 374 cm³/mol. The van der Waals surface area contributed by atoms with Crippen LogP contribution in [0.1, 0.15) is 124 Å². The molecule has 0 aliphatic carbocycles. The maximum atomic E-state index is 13.9. The molecule has 2 atom stereocenters. The molecule has 0 bridgehead atoms. The van der Waals surface area contributed by atoms with Gasteiger partial charge in [-0.05, 0) is 135 Å². The lowest BCUT2D eigenvalue weighted by Gasteiger charge is -2.33. The Labute approximate surface area is 569 Å². The van der Waals surface area contributed by atoms with Crippen LogP contribution in [0.4, 0.5) is 11.4 Å². The van der Waals surface area contributed by atoms with Gasteiger partial charge in [-0.1, -0.05) is 39.8 Å². The number of thioether (sulfide) groups is 4. The molecule has 0 spiro atoms. The third kappa shape index (κ3) is 20.4. The van der Waals surface area contributed by atoms with Crippen LogP contribution in [-0.2, 0) is 9.59 Å². The predicted octanol–water partition coefficient (Wildman–Crippen LogP) is 13.1. The van der Waals surface area contributed by atoms with E-state index in [-0.39, 0.29) is 104 Å². The number of carbonyl (C=O) groups is 4. The second-order valence-electron chi connectivity index (χ2n) is 22.2. The summed E-state index contributed by atoms with van der Waals surface area (Å²) in [5.41, 5.74) is 0.844. The van der Waals surface area contributed by atoms with E-state index in [1.807, 2.05) is 12.1 Å². The van der Waals surface area contributed by atoms with Gasteiger partial charge < -0.3 is 57.5 Å². The molecule has 7 rings (SSSR count). The summed E-state index contributed by atoms with van der Waals surface area (Å²) in [6.07, 6.45) is 14.0. The van der Waals surface area contributed by atoms with Crippen LogP contribution in [-0.4, -0.2) is 191 Å². The molecule has 3 heterocycles. The smallest absolute Gasteiger partial charge is 0.286 e. The summed E-state index contributed by atoms with van der Waals surface area (Å²) < 4.78 is 46.9. The SMILES string of the molecule is CCSC(SCC)[C@@H]1CCCN1C(=O)c1cc(OC)c(OCCCCCOc2ccc(/C=C/C(=O)N3CCN(C(=O)/C=C/c4ccc(OCCCCCOc5cc([N+](=O)[O-])c(C(=O)N6CCC[C@H]6C(SCC)SCC)cc5OC)c(OC)c4)CC3)cc2OC)cc1[N+](=O)[O-]. The highest BCUT2D eigenvalue weighted by Crippen LogP contribution is 2.42. The first-order chi connectivity index (χ1) is 45.6. The van der Waals surface area contributed by atoms with E-state index in [1.165, 1.54) is 50.6 Å². The van der Waals surface area contributed by atoms with E-state index in [0.29, 0.717) is 101 Å². The Morgan fingerprint density at radius 1 is 0.468 bits per heavy atom. The third-order valence-corrected chi connectivity index (χ3v) is 21.8. The normalized spacial score (nSPS) is 15.7. The number of methoxy groups -OCH3 is 4. The van der Waals surface area contributed by atoms with Crippen LogP contribution < -0.4 is 37.9 Å². The summed E-state index contributed by atoms with van der Waals surface area (Å²) in [4.78, 5) is 85.0. The molecule has 0 radical (unpaired) electrons. The first kappa shape index (κ1) is 74.2. The zero-order valence-electron chi connectivity index (χ0n) is 55.2. The maximum Gasteiger partial charge on any atom is 0.286 e. The van der Waals surface area contributed by atoms with Crippen molar-refractivity contribution in [2.24, 2.45) is 0 Å². The number of likely N-dealkylation sites (tertiary alicyclic amines) is 2. The minimum absolute atomic E-state index is 0.00576. The van der Waals surface area contributed by atoms with Crippen molar-refractivity contribution in [2.75, 3.05) is 117 Å². The lowest BCUT2D eigenvalue weighted by Crippen LogP contribution is -2.49. The van der Waals surface area contributed by atoms with E-state index in [4.69, 9.17) is 37.9 Å². The van der Waals surface area contributed by atoms with Gasteiger partial charge in [0.1, 0.15) is 11.1 Å². The van der Waals surface area contributed by atoms with E-state index >= 15 is 0 Å². The summed E-state index contributed by atoms with van der Waals surface area (Å²) in [6.45, 7) is 12.3. The van der Waals surface area contributed by atoms with Gasteiger partial charge >= 0.3 is 0 Å². The largest absolute Gasteiger partial charge is 0.493 e. The fourth-order valence-electron chi connectivity index (χ4n) is 11.4. The fraction of sp³-hybridized carbons (Fsp3) is 0.529. The lowest BCUT2D eigenvalue weighted by atomic mass is 10.1. The number of nitro groups is 2. The van der Waals surface area contributed by atoms with Gasteiger partial charge in [0.05, 0.1) is 98.1 Å². The van der Waals surface area contributed by atoms with Crippen molar-refractivity contribution in [2.45, 2.75) is 113 Å². The number of benzene rings is 4. The molecule has 512 valence electrons. The highest BCUT2D eigenvalue weighted by Gasteiger charge is 2.40. The number of hydrogen-bond donors (Lipinski definition) is 0. The number of rotatable bonds is 38. The van der Waals surface area contributed by atoms with Crippen molar-refractivity contribution in [1.82, 2.24) is 19.6 Å². The Bertz CT molecular complexity index is 3030. The summed E-state index contributed by atoms with van der Waals surface area (Å²) in [6, 6.07) is 16.3. The molecule has 4 amide bonds. The van der Waals surface area contributed by atoms with Crippen molar-refractivity contribution in [3.8, 4) is 46.0 Å². The average molecular weight is 1380 g/mol. The summed E-state index contributed by atoms with van der Waals surface area (Å²) in [5.74, 6) is 5.59. The van der Waals surface area contributed by atoms with Crippen LogP contribution in [0.15, 0.2) is 72.8 Å². The van der Waals surface area contributed by atoms with Gasteiger partial charge in [0.25, 0.3) is 23.2 Å². The van der Waals surface area contributed by atoms with Crippen LogP contribution in [0.5, 0.6) is 46.0 Å². The minimum atomic E-state index is -0.537. The molecule has 94 heavy (non-hydrogen) atoms. The van der Waals surface area contributed by atoms with Crippen molar-refractivity contribution >= 4 is 94.2 Å². The molecule has 4 aromatic rings. The van der Waals surface area contributed by atoms with Crippen molar-refractivity contribution < 1.29 is 66.9 Å². The van der Waals surface area contributed by atoms with Crippen molar-refractivity contribution in [1.29, 1.82) is 0 Å². The zero-order valence-corrected chi connectivity index (χ0v) is 58.5. The van der Waals surface area contributed by atoms with Crippen LogP contribution in [0, 0.1) is 20.2 Å². The number of nitrogens with zero attached hydrogens (tertiary/aromatic N) is 6. The molecular formula is C68H90N6O16S4. The van der Waals surface area contributed by atoms with Gasteiger partial charge in [0.2, 0.25) is 11.8 Å². The third-order valence-electron chi connectivity index (χ3n) is 16.2. The Kier molecular flexibility index (Phi) is 30.3. The standard InChI is InChI=1S/C68H90N6O16S4/c1-9-91-67(92-10-2)51-21-19-31-71(51)65(77)49-43-59(85-7)61(45-53(49)73(79)80)89-39-17-13-15-37-87-55-27-23-47(41-57(55)83-5)25-29-63(75)69-33-35-70(36-34-69)64(76)30-26-48-24-28-56(58(42-48)84-6)88-38-16-14-18-40-90-62-46-54(74(81)82)50(44-60(62)86-8)66(78)72-32-20-22-52(72)68(93-11-3)94-12-4/h23-30,41-46,51-52,67-68H,9-22,31-40H2,1-8H3/b29-25+,30-26+/t51-,52-/m0/s1. The van der Waals surface area contributed by atoms with Gasteiger partial charge in [-0.25, -0.2) is 0 Å². The number of amides is 4. The highest BCUT2D eigenvalue weighted by atomic mass is 32.2. The molecule has 3 aliphatic rings. The number of nitro benzene ring substituents is 2. The molecule has 0 aromatic heterocycles. The molecule has 0 unspecified atom stereocenters. The monoisotopic (exact) mass is 1370 g/mol.